The van der Waals surface area contributed by atoms with Crippen molar-refractivity contribution >= 4 is 0 Å². The number of benzene rings is 3. The van der Waals surface area contributed by atoms with Crippen molar-refractivity contribution in [1.82, 2.24) is 0 Å². The quantitative estimate of drug-likeness (QED) is 0.428. The predicted octanol–water partition coefficient (Wildman–Crippen LogP) is 7.32. The van der Waals surface area contributed by atoms with E-state index in [4.69, 9.17) is 4.74 Å². The molecule has 0 radical (unpaired) electrons. The molecule has 0 N–H and O–H groups in total. The highest BCUT2D eigenvalue weighted by Gasteiger charge is 2.25. The lowest BCUT2D eigenvalue weighted by molar-refractivity contribution is 0.0117. The van der Waals surface area contributed by atoms with Gasteiger partial charge < -0.3 is 4.74 Å². The number of halogens is 3. The summed E-state index contributed by atoms with van der Waals surface area (Å²) in [5, 5.41) is 0. The van der Waals surface area contributed by atoms with Crippen molar-refractivity contribution in [3.63, 3.8) is 0 Å². The number of ether oxygens (including phenoxy) is 1. The van der Waals surface area contributed by atoms with Crippen molar-refractivity contribution in [2.45, 2.75) is 51.2 Å². The molecule has 156 valence electrons. The molecule has 0 bridgehead atoms. The van der Waals surface area contributed by atoms with Crippen LogP contribution in [0.4, 0.5) is 13.2 Å². The van der Waals surface area contributed by atoms with Gasteiger partial charge in [0, 0.05) is 11.1 Å². The van der Waals surface area contributed by atoms with E-state index in [0.717, 1.165) is 36.8 Å². The first-order valence-corrected chi connectivity index (χ1v) is 10.4. The van der Waals surface area contributed by atoms with E-state index in [0.29, 0.717) is 5.56 Å². The topological polar surface area (TPSA) is 9.23 Å². The summed E-state index contributed by atoms with van der Waals surface area (Å²) in [7, 11) is 0. The third-order valence-corrected chi connectivity index (χ3v) is 5.99. The normalized spacial score (nSPS) is 19.1. The molecule has 0 saturated heterocycles. The van der Waals surface area contributed by atoms with Gasteiger partial charge in [0.1, 0.15) is 5.82 Å². The molecule has 0 spiro atoms. The molecule has 1 aliphatic carbocycles. The van der Waals surface area contributed by atoms with E-state index in [1.165, 1.54) is 0 Å². The molecule has 1 aliphatic rings. The number of aryl methyl sites for hydroxylation is 1. The molecule has 0 atom stereocenters. The van der Waals surface area contributed by atoms with Crippen LogP contribution in [0.5, 0.6) is 0 Å². The van der Waals surface area contributed by atoms with Gasteiger partial charge in [0.15, 0.2) is 11.6 Å². The first-order valence-electron chi connectivity index (χ1n) is 10.4. The van der Waals surface area contributed by atoms with E-state index in [1.54, 1.807) is 42.5 Å². The molecule has 0 amide bonds. The third kappa shape index (κ3) is 4.44. The van der Waals surface area contributed by atoms with Gasteiger partial charge in [0.25, 0.3) is 0 Å². The number of hydrogen-bond donors (Lipinski definition) is 0. The molecule has 0 unspecified atom stereocenters. The van der Waals surface area contributed by atoms with E-state index in [2.05, 4.69) is 0 Å². The largest absolute Gasteiger partial charge is 0.373 e. The molecule has 4 heteroatoms. The lowest BCUT2D eigenvalue weighted by Gasteiger charge is -2.29. The van der Waals surface area contributed by atoms with Gasteiger partial charge >= 0.3 is 0 Å². The summed E-state index contributed by atoms with van der Waals surface area (Å²) in [5.74, 6) is -1.66. The van der Waals surface area contributed by atoms with E-state index in [1.807, 2.05) is 25.1 Å². The third-order valence-electron chi connectivity index (χ3n) is 5.99. The molecule has 0 aromatic heterocycles. The minimum Gasteiger partial charge on any atom is -0.373 e. The average molecular weight is 410 g/mol. The van der Waals surface area contributed by atoms with Crippen LogP contribution in [-0.2, 0) is 11.3 Å². The molecule has 1 nitrogen and oxygen atoms in total. The van der Waals surface area contributed by atoms with Crippen molar-refractivity contribution in [2.75, 3.05) is 0 Å². The van der Waals surface area contributed by atoms with Gasteiger partial charge in [-0.25, -0.2) is 13.2 Å². The highest BCUT2D eigenvalue weighted by molar-refractivity contribution is 5.64. The highest BCUT2D eigenvalue weighted by Crippen LogP contribution is 2.36. The Morgan fingerprint density at radius 2 is 1.57 bits per heavy atom. The highest BCUT2D eigenvalue weighted by atomic mass is 19.2. The molecule has 4 rings (SSSR count). The molecule has 0 heterocycles. The van der Waals surface area contributed by atoms with Crippen LogP contribution in [0.15, 0.2) is 60.7 Å². The Labute approximate surface area is 175 Å². The Kier molecular flexibility index (Phi) is 6.24. The zero-order valence-corrected chi connectivity index (χ0v) is 17.0. The van der Waals surface area contributed by atoms with Gasteiger partial charge in [-0.05, 0) is 61.3 Å². The predicted molar refractivity (Wildman–Crippen MR) is 113 cm³/mol. The Bertz CT molecular complexity index is 1010. The van der Waals surface area contributed by atoms with Crippen molar-refractivity contribution in [3.05, 3.63) is 94.8 Å². The molecular formula is C26H25F3O. The minimum absolute atomic E-state index is 0.0222. The standard InChI is InChI=1S/C26H25F3O/c1-17-7-13-22(24(27)15-17)19-8-11-21(12-9-19)30-16-20-10-14-23(26(29)25(20)28)18-5-3-2-4-6-18/h2-7,10,13-15,19,21H,8-9,11-12,16H2,1H3. The zero-order valence-electron chi connectivity index (χ0n) is 17.0. The molecule has 3 aromatic rings. The Morgan fingerprint density at radius 1 is 0.833 bits per heavy atom. The summed E-state index contributed by atoms with van der Waals surface area (Å²) in [5.41, 5.74) is 2.80. The van der Waals surface area contributed by atoms with Crippen molar-refractivity contribution in [3.8, 4) is 11.1 Å². The van der Waals surface area contributed by atoms with Gasteiger partial charge in [0.2, 0.25) is 0 Å². The molecule has 3 aromatic carbocycles. The average Bonchev–Trinajstić information content (AvgIpc) is 2.76. The van der Waals surface area contributed by atoms with Crippen LogP contribution in [0, 0.1) is 24.4 Å². The van der Waals surface area contributed by atoms with E-state index < -0.39 is 11.6 Å². The first kappa shape index (κ1) is 20.7. The van der Waals surface area contributed by atoms with Gasteiger partial charge in [-0.3, -0.25) is 0 Å². The number of hydrogen-bond acceptors (Lipinski definition) is 1. The smallest absolute Gasteiger partial charge is 0.167 e. The Morgan fingerprint density at radius 3 is 2.27 bits per heavy atom. The summed E-state index contributed by atoms with van der Waals surface area (Å²) < 4.78 is 49.2. The van der Waals surface area contributed by atoms with Crippen molar-refractivity contribution in [1.29, 1.82) is 0 Å². The molecule has 1 saturated carbocycles. The maximum Gasteiger partial charge on any atom is 0.167 e. The van der Waals surface area contributed by atoms with Crippen LogP contribution in [-0.4, -0.2) is 6.10 Å². The Hall–Kier alpha value is -2.59. The lowest BCUT2D eigenvalue weighted by atomic mass is 9.82. The summed E-state index contributed by atoms with van der Waals surface area (Å²) in [6.07, 6.45) is 3.20. The summed E-state index contributed by atoms with van der Waals surface area (Å²) in [6, 6.07) is 17.5. The maximum absolute atomic E-state index is 14.6. The van der Waals surface area contributed by atoms with Crippen molar-refractivity contribution in [2.24, 2.45) is 0 Å². The summed E-state index contributed by atoms with van der Waals surface area (Å²) >= 11 is 0. The maximum atomic E-state index is 14.6. The SMILES string of the molecule is Cc1ccc(C2CCC(OCc3ccc(-c4ccccc4)c(F)c3F)CC2)c(F)c1. The first-order chi connectivity index (χ1) is 14.5. The van der Waals surface area contributed by atoms with Gasteiger partial charge in [-0.2, -0.15) is 0 Å². The fourth-order valence-electron chi connectivity index (χ4n) is 4.25. The second kappa shape index (κ2) is 9.05. The second-order valence-electron chi connectivity index (χ2n) is 8.08. The van der Waals surface area contributed by atoms with Crippen molar-refractivity contribution < 1.29 is 17.9 Å². The fraction of sp³-hybridized carbons (Fsp3) is 0.308. The van der Waals surface area contributed by atoms with Crippen LogP contribution < -0.4 is 0 Å². The molecule has 30 heavy (non-hydrogen) atoms. The van der Waals surface area contributed by atoms with Gasteiger partial charge in [0.05, 0.1) is 12.7 Å². The summed E-state index contributed by atoms with van der Waals surface area (Å²) in [6.45, 7) is 1.91. The van der Waals surface area contributed by atoms with Crippen LogP contribution in [0.25, 0.3) is 11.1 Å². The Balaban J connectivity index is 1.36. The van der Waals surface area contributed by atoms with E-state index in [-0.39, 0.29) is 35.6 Å². The molecule has 1 fully saturated rings. The van der Waals surface area contributed by atoms with Gasteiger partial charge in [-0.15, -0.1) is 0 Å². The summed E-state index contributed by atoms with van der Waals surface area (Å²) in [4.78, 5) is 0. The van der Waals surface area contributed by atoms with Crippen LogP contribution in [0.2, 0.25) is 0 Å². The fourth-order valence-corrected chi connectivity index (χ4v) is 4.25. The lowest BCUT2D eigenvalue weighted by Crippen LogP contribution is -2.21. The molecule has 0 aliphatic heterocycles. The van der Waals surface area contributed by atoms with Gasteiger partial charge in [-0.1, -0.05) is 54.6 Å². The zero-order chi connectivity index (χ0) is 21.1. The molecular weight excluding hydrogens is 385 g/mol. The minimum atomic E-state index is -0.855. The van der Waals surface area contributed by atoms with E-state index in [9.17, 15) is 13.2 Å². The number of rotatable bonds is 5. The monoisotopic (exact) mass is 410 g/mol. The van der Waals surface area contributed by atoms with Crippen LogP contribution in [0.1, 0.15) is 48.3 Å². The van der Waals surface area contributed by atoms with Crippen LogP contribution in [0.3, 0.4) is 0 Å². The van der Waals surface area contributed by atoms with Crippen LogP contribution >= 0.6 is 0 Å². The second-order valence-corrected chi connectivity index (χ2v) is 8.08. The van der Waals surface area contributed by atoms with E-state index >= 15 is 0 Å².